The zero-order valence-corrected chi connectivity index (χ0v) is 12.4. The molecule has 0 radical (unpaired) electrons. The average molecular weight is 291 g/mol. The summed E-state index contributed by atoms with van der Waals surface area (Å²) < 4.78 is 5.35. The van der Waals surface area contributed by atoms with Gasteiger partial charge in [-0.1, -0.05) is 6.92 Å². The van der Waals surface area contributed by atoms with Crippen LogP contribution < -0.4 is 20.7 Å². The van der Waals surface area contributed by atoms with Crippen molar-refractivity contribution in [1.82, 2.24) is 0 Å². The second kappa shape index (κ2) is 6.58. The van der Waals surface area contributed by atoms with Crippen molar-refractivity contribution in [3.05, 3.63) is 18.2 Å². The number of anilines is 2. The maximum Gasteiger partial charge on any atom is 0.228 e. The SMILES string of the molecule is COc1cc(NC(=O)C(C)CN)ccc1N1CCCC1=O. The maximum atomic E-state index is 11.8. The van der Waals surface area contributed by atoms with Crippen LogP contribution in [0.5, 0.6) is 5.75 Å². The normalized spacial score (nSPS) is 16.0. The van der Waals surface area contributed by atoms with Crippen molar-refractivity contribution in [2.45, 2.75) is 19.8 Å². The minimum atomic E-state index is -0.254. The third-order valence-corrected chi connectivity index (χ3v) is 3.61. The van der Waals surface area contributed by atoms with E-state index in [1.807, 2.05) is 0 Å². The zero-order valence-electron chi connectivity index (χ0n) is 12.4. The molecule has 1 aromatic carbocycles. The molecule has 2 rings (SSSR count). The molecule has 1 aromatic rings. The van der Waals surface area contributed by atoms with Gasteiger partial charge in [-0.15, -0.1) is 0 Å². The smallest absolute Gasteiger partial charge is 0.228 e. The molecule has 2 amide bonds. The molecule has 114 valence electrons. The van der Waals surface area contributed by atoms with Crippen LogP contribution in [-0.4, -0.2) is 32.0 Å². The van der Waals surface area contributed by atoms with Gasteiger partial charge in [0.2, 0.25) is 11.8 Å². The van der Waals surface area contributed by atoms with Gasteiger partial charge in [0.25, 0.3) is 0 Å². The molecule has 0 aromatic heterocycles. The Labute approximate surface area is 124 Å². The van der Waals surface area contributed by atoms with Crippen LogP contribution in [0.1, 0.15) is 19.8 Å². The van der Waals surface area contributed by atoms with Crippen molar-refractivity contribution in [3.63, 3.8) is 0 Å². The van der Waals surface area contributed by atoms with Gasteiger partial charge in [0, 0.05) is 37.2 Å². The van der Waals surface area contributed by atoms with Crippen LogP contribution in [-0.2, 0) is 9.59 Å². The highest BCUT2D eigenvalue weighted by atomic mass is 16.5. The Morgan fingerprint density at radius 3 is 2.86 bits per heavy atom. The minimum Gasteiger partial charge on any atom is -0.494 e. The Hall–Kier alpha value is -2.08. The first-order valence-electron chi connectivity index (χ1n) is 7.06. The number of amides is 2. The number of nitrogens with one attached hydrogen (secondary N) is 1. The number of nitrogens with two attached hydrogens (primary N) is 1. The van der Waals surface area contributed by atoms with E-state index in [0.29, 0.717) is 30.9 Å². The largest absolute Gasteiger partial charge is 0.494 e. The van der Waals surface area contributed by atoms with E-state index in [2.05, 4.69) is 5.32 Å². The summed E-state index contributed by atoms with van der Waals surface area (Å²) in [6.45, 7) is 2.76. The van der Waals surface area contributed by atoms with E-state index in [-0.39, 0.29) is 17.7 Å². The van der Waals surface area contributed by atoms with E-state index in [0.717, 1.165) is 12.1 Å². The number of nitrogens with zero attached hydrogens (tertiary/aromatic N) is 1. The molecular weight excluding hydrogens is 270 g/mol. The standard InChI is InChI=1S/C15H21N3O3/c1-10(9-16)15(20)17-11-5-6-12(13(8-11)21-2)18-7-3-4-14(18)19/h5-6,8,10H,3-4,7,9,16H2,1-2H3,(H,17,20). The topological polar surface area (TPSA) is 84.7 Å². The van der Waals surface area contributed by atoms with E-state index in [1.54, 1.807) is 37.1 Å². The molecule has 1 aliphatic rings. The van der Waals surface area contributed by atoms with Gasteiger partial charge in [-0.25, -0.2) is 0 Å². The molecule has 6 nitrogen and oxygen atoms in total. The highest BCUT2D eigenvalue weighted by Crippen LogP contribution is 2.33. The first-order valence-corrected chi connectivity index (χ1v) is 7.06. The van der Waals surface area contributed by atoms with Crippen molar-refractivity contribution in [1.29, 1.82) is 0 Å². The van der Waals surface area contributed by atoms with Crippen LogP contribution in [0.25, 0.3) is 0 Å². The van der Waals surface area contributed by atoms with Gasteiger partial charge in [0.05, 0.1) is 12.8 Å². The van der Waals surface area contributed by atoms with E-state index < -0.39 is 0 Å². The third-order valence-electron chi connectivity index (χ3n) is 3.61. The van der Waals surface area contributed by atoms with Crippen LogP contribution in [0.2, 0.25) is 0 Å². The maximum absolute atomic E-state index is 11.8. The Morgan fingerprint density at radius 1 is 1.52 bits per heavy atom. The summed E-state index contributed by atoms with van der Waals surface area (Å²) in [6.07, 6.45) is 1.42. The quantitative estimate of drug-likeness (QED) is 0.857. The molecule has 1 fully saturated rings. The lowest BCUT2D eigenvalue weighted by molar-refractivity contribution is -0.119. The summed E-state index contributed by atoms with van der Waals surface area (Å²) in [7, 11) is 1.55. The van der Waals surface area contributed by atoms with E-state index >= 15 is 0 Å². The number of benzene rings is 1. The Morgan fingerprint density at radius 2 is 2.29 bits per heavy atom. The first-order chi connectivity index (χ1) is 10.1. The van der Waals surface area contributed by atoms with E-state index in [9.17, 15) is 9.59 Å². The van der Waals surface area contributed by atoms with Gasteiger partial charge < -0.3 is 20.7 Å². The number of ether oxygens (including phenoxy) is 1. The Bertz CT molecular complexity index is 545. The summed E-state index contributed by atoms with van der Waals surface area (Å²) in [6, 6.07) is 5.29. The summed E-state index contributed by atoms with van der Waals surface area (Å²) in [5.41, 5.74) is 6.85. The van der Waals surface area contributed by atoms with Crippen LogP contribution in [0.3, 0.4) is 0 Å². The van der Waals surface area contributed by atoms with E-state index in [4.69, 9.17) is 10.5 Å². The molecule has 1 saturated heterocycles. The predicted molar refractivity (Wildman–Crippen MR) is 81.4 cm³/mol. The highest BCUT2D eigenvalue weighted by molar-refractivity contribution is 5.98. The van der Waals surface area contributed by atoms with Gasteiger partial charge in [-0.3, -0.25) is 9.59 Å². The number of rotatable bonds is 5. The van der Waals surface area contributed by atoms with Gasteiger partial charge in [0.15, 0.2) is 0 Å². The van der Waals surface area contributed by atoms with Crippen LogP contribution in [0, 0.1) is 5.92 Å². The van der Waals surface area contributed by atoms with Crippen molar-refractivity contribution in [2.24, 2.45) is 11.7 Å². The number of hydrogen-bond donors (Lipinski definition) is 2. The highest BCUT2D eigenvalue weighted by Gasteiger charge is 2.24. The van der Waals surface area contributed by atoms with Gasteiger partial charge in [-0.05, 0) is 18.6 Å². The summed E-state index contributed by atoms with van der Waals surface area (Å²) in [4.78, 5) is 25.4. The first kappa shape index (κ1) is 15.3. The summed E-state index contributed by atoms with van der Waals surface area (Å²) in [5.74, 6) is 0.283. The molecule has 1 aliphatic heterocycles. The minimum absolute atomic E-state index is 0.0989. The monoisotopic (exact) mass is 291 g/mol. The van der Waals surface area contributed by atoms with Gasteiger partial charge in [0.1, 0.15) is 5.75 Å². The molecule has 21 heavy (non-hydrogen) atoms. The molecule has 1 unspecified atom stereocenters. The second-order valence-electron chi connectivity index (χ2n) is 5.16. The van der Waals surface area contributed by atoms with Crippen molar-refractivity contribution in [2.75, 3.05) is 30.4 Å². The van der Waals surface area contributed by atoms with Crippen molar-refractivity contribution < 1.29 is 14.3 Å². The fourth-order valence-electron chi connectivity index (χ4n) is 2.25. The zero-order chi connectivity index (χ0) is 15.4. The Kier molecular flexibility index (Phi) is 4.80. The lowest BCUT2D eigenvalue weighted by Crippen LogP contribution is -2.27. The second-order valence-corrected chi connectivity index (χ2v) is 5.16. The predicted octanol–water partition coefficient (Wildman–Crippen LogP) is 1.36. The third kappa shape index (κ3) is 3.33. The molecule has 6 heteroatoms. The number of hydrogen-bond acceptors (Lipinski definition) is 4. The fourth-order valence-corrected chi connectivity index (χ4v) is 2.25. The number of carbonyl (C=O) groups excluding carboxylic acids is 2. The number of carbonyl (C=O) groups is 2. The fraction of sp³-hybridized carbons (Fsp3) is 0.467. The van der Waals surface area contributed by atoms with Crippen molar-refractivity contribution >= 4 is 23.2 Å². The Balaban J connectivity index is 2.20. The molecule has 1 heterocycles. The summed E-state index contributed by atoms with van der Waals surface area (Å²) in [5, 5.41) is 2.79. The van der Waals surface area contributed by atoms with Gasteiger partial charge in [-0.2, -0.15) is 0 Å². The van der Waals surface area contributed by atoms with Crippen molar-refractivity contribution in [3.8, 4) is 5.75 Å². The molecule has 1 atom stereocenters. The molecule has 0 saturated carbocycles. The molecule has 3 N–H and O–H groups in total. The average Bonchev–Trinajstić information content (AvgIpc) is 2.92. The number of methoxy groups -OCH3 is 1. The van der Waals surface area contributed by atoms with Gasteiger partial charge >= 0.3 is 0 Å². The molecular formula is C15H21N3O3. The molecule has 0 bridgehead atoms. The molecule has 0 spiro atoms. The van der Waals surface area contributed by atoms with Crippen LogP contribution >= 0.6 is 0 Å². The van der Waals surface area contributed by atoms with Crippen LogP contribution in [0.4, 0.5) is 11.4 Å². The lowest BCUT2D eigenvalue weighted by Gasteiger charge is -2.20. The summed E-state index contributed by atoms with van der Waals surface area (Å²) >= 11 is 0. The van der Waals surface area contributed by atoms with E-state index in [1.165, 1.54) is 0 Å². The lowest BCUT2D eigenvalue weighted by atomic mass is 10.1. The molecule has 0 aliphatic carbocycles. The van der Waals surface area contributed by atoms with Crippen LogP contribution in [0.15, 0.2) is 18.2 Å².